The fraction of sp³-hybridized carbons (Fsp3) is 0.500. The number of methoxy groups -OCH3 is 1. The van der Waals surface area contributed by atoms with Crippen molar-refractivity contribution in [3.63, 3.8) is 0 Å². The highest BCUT2D eigenvalue weighted by Crippen LogP contribution is 2.29. The van der Waals surface area contributed by atoms with Crippen LogP contribution in [-0.2, 0) is 4.79 Å². The van der Waals surface area contributed by atoms with Crippen LogP contribution in [0.4, 0.5) is 0 Å². The van der Waals surface area contributed by atoms with Crippen LogP contribution in [0, 0.1) is 0 Å². The molecular formula is C18H25Cl3O4Si. The highest BCUT2D eigenvalue weighted by molar-refractivity contribution is 7.64. The third-order valence-corrected chi connectivity index (χ3v) is 6.34. The highest BCUT2D eigenvalue weighted by Gasteiger charge is 2.23. The first-order valence-corrected chi connectivity index (χ1v) is 13.8. The van der Waals surface area contributed by atoms with Gasteiger partial charge in [-0.25, -0.2) is 4.79 Å². The second-order valence-corrected chi connectivity index (χ2v) is 15.2. The summed E-state index contributed by atoms with van der Waals surface area (Å²) in [5, 5.41) is 8.70. The normalized spacial score (nSPS) is 11.7. The third kappa shape index (κ3) is 11.0. The number of unbranched alkanes of at least 4 members (excludes halogenated alkanes) is 5. The lowest BCUT2D eigenvalue weighted by Crippen LogP contribution is -2.07. The van der Waals surface area contributed by atoms with E-state index in [2.05, 4.69) is 0 Å². The molecule has 1 rings (SSSR count). The summed E-state index contributed by atoms with van der Waals surface area (Å²) in [5.74, 6) is 0.264. The van der Waals surface area contributed by atoms with E-state index >= 15 is 0 Å². The van der Waals surface area contributed by atoms with E-state index in [4.69, 9.17) is 47.8 Å². The molecule has 0 saturated carbocycles. The van der Waals surface area contributed by atoms with Crippen molar-refractivity contribution < 1.29 is 19.4 Å². The van der Waals surface area contributed by atoms with Gasteiger partial charge >= 0.3 is 12.0 Å². The van der Waals surface area contributed by atoms with Crippen LogP contribution in [0.5, 0.6) is 11.5 Å². The van der Waals surface area contributed by atoms with Gasteiger partial charge in [-0.05, 0) is 36.2 Å². The van der Waals surface area contributed by atoms with E-state index in [1.54, 1.807) is 25.3 Å². The van der Waals surface area contributed by atoms with Gasteiger partial charge in [0, 0.05) is 6.08 Å². The van der Waals surface area contributed by atoms with E-state index in [9.17, 15) is 4.79 Å². The fourth-order valence-electron chi connectivity index (χ4n) is 2.39. The SMILES string of the molecule is COc1ccc(/C=C/C(=O)O)cc1OCCCCCCCC[Si](Cl)(Cl)Cl. The van der Waals surface area contributed by atoms with Gasteiger partial charge in [0.1, 0.15) is 0 Å². The molecule has 0 spiro atoms. The van der Waals surface area contributed by atoms with Gasteiger partial charge in [-0.2, -0.15) is 0 Å². The molecule has 0 saturated heterocycles. The minimum Gasteiger partial charge on any atom is -0.493 e. The van der Waals surface area contributed by atoms with Crippen molar-refractivity contribution in [3.05, 3.63) is 29.8 Å². The van der Waals surface area contributed by atoms with E-state index in [1.165, 1.54) is 6.08 Å². The Hall–Kier alpha value is -0.883. The molecule has 8 heteroatoms. The van der Waals surface area contributed by atoms with Crippen molar-refractivity contribution in [2.45, 2.75) is 44.6 Å². The van der Waals surface area contributed by atoms with Gasteiger partial charge in [0.15, 0.2) is 11.5 Å². The molecule has 1 aromatic rings. The van der Waals surface area contributed by atoms with Gasteiger partial charge in [0.2, 0.25) is 0 Å². The molecule has 0 aliphatic rings. The van der Waals surface area contributed by atoms with Gasteiger partial charge in [-0.15, -0.1) is 33.2 Å². The average molecular weight is 440 g/mol. The Kier molecular flexibility index (Phi) is 11.1. The average Bonchev–Trinajstić information content (AvgIpc) is 2.57. The molecular weight excluding hydrogens is 415 g/mol. The largest absolute Gasteiger partial charge is 0.493 e. The van der Waals surface area contributed by atoms with Crippen LogP contribution < -0.4 is 9.47 Å². The number of ether oxygens (including phenoxy) is 2. The predicted octanol–water partition coefficient (Wildman–Crippen LogP) is 6.17. The van der Waals surface area contributed by atoms with Gasteiger partial charge in [0.05, 0.1) is 13.7 Å². The van der Waals surface area contributed by atoms with Crippen molar-refractivity contribution in [1.29, 1.82) is 0 Å². The summed E-state index contributed by atoms with van der Waals surface area (Å²) in [6.45, 7) is 0.587. The summed E-state index contributed by atoms with van der Waals surface area (Å²) in [5.41, 5.74) is 0.751. The summed E-state index contributed by atoms with van der Waals surface area (Å²) < 4.78 is 11.1. The van der Waals surface area contributed by atoms with Crippen molar-refractivity contribution in [2.24, 2.45) is 0 Å². The van der Waals surface area contributed by atoms with Gasteiger partial charge in [-0.1, -0.05) is 38.2 Å². The van der Waals surface area contributed by atoms with Crippen molar-refractivity contribution >= 4 is 51.3 Å². The number of halogens is 3. The number of carbonyl (C=O) groups is 1. The molecule has 1 aromatic carbocycles. The minimum atomic E-state index is -2.45. The van der Waals surface area contributed by atoms with Crippen LogP contribution in [0.1, 0.15) is 44.1 Å². The summed E-state index contributed by atoms with van der Waals surface area (Å²) in [7, 11) is 1.58. The molecule has 0 bridgehead atoms. The van der Waals surface area contributed by atoms with Gasteiger partial charge < -0.3 is 14.6 Å². The summed E-state index contributed by atoms with van der Waals surface area (Å²) in [6, 6.07) is 3.60. The van der Waals surface area contributed by atoms with Crippen LogP contribution in [0.25, 0.3) is 6.08 Å². The maximum Gasteiger partial charge on any atom is 0.341 e. The Morgan fingerprint density at radius 3 is 2.35 bits per heavy atom. The maximum atomic E-state index is 10.6. The maximum absolute atomic E-state index is 10.6. The van der Waals surface area contributed by atoms with Crippen molar-refractivity contribution in [3.8, 4) is 11.5 Å². The molecule has 0 radical (unpaired) electrons. The molecule has 0 aliphatic carbocycles. The predicted molar refractivity (Wildman–Crippen MR) is 111 cm³/mol. The highest BCUT2D eigenvalue weighted by atomic mass is 35.8. The minimum absolute atomic E-state index is 0.587. The first kappa shape index (κ1) is 23.2. The number of hydrogen-bond donors (Lipinski definition) is 1. The third-order valence-electron chi connectivity index (χ3n) is 3.72. The molecule has 0 amide bonds. The Labute approximate surface area is 170 Å². The van der Waals surface area contributed by atoms with Crippen LogP contribution >= 0.6 is 33.2 Å². The fourth-order valence-corrected chi connectivity index (χ4v) is 4.25. The zero-order valence-electron chi connectivity index (χ0n) is 14.8. The summed E-state index contributed by atoms with van der Waals surface area (Å²) in [6.07, 6.45) is 8.97. The van der Waals surface area contributed by atoms with Crippen LogP contribution in [0.2, 0.25) is 6.04 Å². The van der Waals surface area contributed by atoms with E-state index in [0.717, 1.165) is 56.2 Å². The number of hydrogen-bond acceptors (Lipinski definition) is 3. The summed E-state index contributed by atoms with van der Waals surface area (Å²) in [4.78, 5) is 10.6. The lowest BCUT2D eigenvalue weighted by atomic mass is 10.1. The molecule has 0 aliphatic heterocycles. The molecule has 1 N–H and O–H groups in total. The second-order valence-electron chi connectivity index (χ2n) is 5.92. The zero-order chi connectivity index (χ0) is 19.4. The Morgan fingerprint density at radius 2 is 1.73 bits per heavy atom. The van der Waals surface area contributed by atoms with E-state index in [1.807, 2.05) is 0 Å². The van der Waals surface area contributed by atoms with Crippen molar-refractivity contribution in [2.75, 3.05) is 13.7 Å². The second kappa shape index (κ2) is 12.5. The zero-order valence-corrected chi connectivity index (χ0v) is 18.1. The monoisotopic (exact) mass is 438 g/mol. The number of benzene rings is 1. The standard InChI is InChI=1S/C18H25Cl3O4Si/c1-24-16-10-8-15(9-11-18(22)23)14-17(16)25-12-6-4-2-3-5-7-13-26(19,20)21/h8-11,14H,2-7,12-13H2,1H3,(H,22,23)/b11-9+. The smallest absolute Gasteiger partial charge is 0.341 e. The van der Waals surface area contributed by atoms with E-state index < -0.39 is 12.0 Å². The molecule has 26 heavy (non-hydrogen) atoms. The first-order valence-electron chi connectivity index (χ1n) is 8.60. The Bertz CT molecular complexity index is 588. The number of carboxylic acids is 1. The molecule has 146 valence electrons. The summed E-state index contributed by atoms with van der Waals surface area (Å²) >= 11 is 17.6. The number of carboxylic acid groups (broad SMARTS) is 1. The topological polar surface area (TPSA) is 55.8 Å². The lowest BCUT2D eigenvalue weighted by Gasteiger charge is -2.11. The Morgan fingerprint density at radius 1 is 1.08 bits per heavy atom. The van der Waals surface area contributed by atoms with Crippen LogP contribution in [0.15, 0.2) is 24.3 Å². The first-order chi connectivity index (χ1) is 12.3. The molecule has 0 fully saturated rings. The number of rotatable bonds is 13. The van der Waals surface area contributed by atoms with Gasteiger partial charge in [0.25, 0.3) is 0 Å². The molecule has 4 nitrogen and oxygen atoms in total. The Balaban J connectivity index is 2.29. The quantitative estimate of drug-likeness (QED) is 0.173. The van der Waals surface area contributed by atoms with E-state index in [0.29, 0.717) is 18.1 Å². The molecule has 0 atom stereocenters. The van der Waals surface area contributed by atoms with Crippen LogP contribution in [-0.4, -0.2) is 30.8 Å². The van der Waals surface area contributed by atoms with E-state index in [-0.39, 0.29) is 0 Å². The van der Waals surface area contributed by atoms with Crippen LogP contribution in [0.3, 0.4) is 0 Å². The molecule has 0 unspecified atom stereocenters. The van der Waals surface area contributed by atoms with Crippen molar-refractivity contribution in [1.82, 2.24) is 0 Å². The van der Waals surface area contributed by atoms with Gasteiger partial charge in [-0.3, -0.25) is 0 Å². The molecule has 0 heterocycles. The molecule has 0 aromatic heterocycles. The lowest BCUT2D eigenvalue weighted by molar-refractivity contribution is -0.131. The number of aliphatic carboxylic acids is 1.